The Kier molecular flexibility index (Phi) is 2.47. The molecule has 5 heteroatoms. The molecule has 1 aromatic carbocycles. The Morgan fingerprint density at radius 3 is 2.50 bits per heavy atom. The van der Waals surface area contributed by atoms with E-state index in [1.165, 1.54) is 0 Å². The molecule has 0 spiro atoms. The van der Waals surface area contributed by atoms with Crippen molar-refractivity contribution in [1.82, 2.24) is 0 Å². The molecule has 0 radical (unpaired) electrons. The van der Waals surface area contributed by atoms with E-state index in [-0.39, 0.29) is 11.7 Å². The average molecular weight is 248 g/mol. The van der Waals surface area contributed by atoms with E-state index in [9.17, 15) is 9.59 Å². The van der Waals surface area contributed by atoms with Gasteiger partial charge in [-0.2, -0.15) is 0 Å². The van der Waals surface area contributed by atoms with Crippen LogP contribution < -0.4 is 9.47 Å². The van der Waals surface area contributed by atoms with E-state index in [2.05, 4.69) is 0 Å². The van der Waals surface area contributed by atoms with Crippen molar-refractivity contribution in [3.63, 3.8) is 0 Å². The summed E-state index contributed by atoms with van der Waals surface area (Å²) < 4.78 is 10.8. The lowest BCUT2D eigenvalue weighted by molar-refractivity contribution is -0.138. The number of rotatable bonds is 3. The van der Waals surface area contributed by atoms with Crippen LogP contribution in [0.2, 0.25) is 0 Å². The van der Waals surface area contributed by atoms with E-state index in [1.54, 1.807) is 18.2 Å². The van der Waals surface area contributed by atoms with Crippen molar-refractivity contribution in [2.24, 2.45) is 11.8 Å². The van der Waals surface area contributed by atoms with Crippen molar-refractivity contribution in [1.29, 1.82) is 0 Å². The molecule has 2 atom stereocenters. The Morgan fingerprint density at radius 2 is 1.83 bits per heavy atom. The van der Waals surface area contributed by atoms with Crippen LogP contribution >= 0.6 is 0 Å². The first-order chi connectivity index (χ1) is 8.66. The van der Waals surface area contributed by atoms with E-state index in [0.29, 0.717) is 36.7 Å². The maximum Gasteiger partial charge on any atom is 0.307 e. The van der Waals surface area contributed by atoms with E-state index in [4.69, 9.17) is 14.6 Å². The second-order valence-electron chi connectivity index (χ2n) is 4.51. The van der Waals surface area contributed by atoms with Crippen molar-refractivity contribution in [3.05, 3.63) is 23.8 Å². The lowest BCUT2D eigenvalue weighted by Crippen LogP contribution is -2.16. The molecule has 1 heterocycles. The van der Waals surface area contributed by atoms with Crippen LogP contribution in [0.15, 0.2) is 18.2 Å². The number of ketones is 1. The minimum absolute atomic E-state index is 0.126. The Morgan fingerprint density at radius 1 is 1.11 bits per heavy atom. The summed E-state index contributed by atoms with van der Waals surface area (Å²) in [6, 6.07) is 4.99. The summed E-state index contributed by atoms with van der Waals surface area (Å²) in [4.78, 5) is 22.8. The van der Waals surface area contributed by atoms with Gasteiger partial charge in [-0.15, -0.1) is 0 Å². The minimum atomic E-state index is -0.897. The van der Waals surface area contributed by atoms with Gasteiger partial charge in [-0.05, 0) is 24.6 Å². The van der Waals surface area contributed by atoms with E-state index in [1.807, 2.05) is 0 Å². The minimum Gasteiger partial charge on any atom is -0.486 e. The van der Waals surface area contributed by atoms with E-state index < -0.39 is 11.9 Å². The normalized spacial score (nSPS) is 24.4. The standard InChI is InChI=1S/C13H12O5/c14-12(8-6-9(8)13(15)16)7-1-2-10-11(5-7)18-4-3-17-10/h1-2,5,8-9H,3-4,6H2,(H,15,16). The van der Waals surface area contributed by atoms with Crippen LogP contribution in [-0.2, 0) is 4.79 Å². The lowest BCUT2D eigenvalue weighted by atomic mass is 10.1. The van der Waals surface area contributed by atoms with Crippen LogP contribution in [0.25, 0.3) is 0 Å². The SMILES string of the molecule is O=C(O)C1CC1C(=O)c1ccc2c(c1)OCCO2. The molecule has 1 N–H and O–H groups in total. The number of fused-ring (bicyclic) bond motifs is 1. The highest BCUT2D eigenvalue weighted by Crippen LogP contribution is 2.42. The number of Topliss-reactive ketones (excluding diaryl/α,β-unsaturated/α-hetero) is 1. The molecule has 2 aliphatic rings. The van der Waals surface area contributed by atoms with Gasteiger partial charge in [0.25, 0.3) is 0 Å². The molecular weight excluding hydrogens is 236 g/mol. The summed E-state index contributed by atoms with van der Waals surface area (Å²) in [5.41, 5.74) is 0.494. The van der Waals surface area contributed by atoms with Crippen molar-refractivity contribution in [3.8, 4) is 11.5 Å². The molecule has 18 heavy (non-hydrogen) atoms. The van der Waals surface area contributed by atoms with Gasteiger partial charge in [0.05, 0.1) is 5.92 Å². The van der Waals surface area contributed by atoms with Crippen molar-refractivity contribution in [2.75, 3.05) is 13.2 Å². The number of aliphatic carboxylic acids is 1. The number of carboxylic acid groups (broad SMARTS) is 1. The molecule has 2 unspecified atom stereocenters. The Bertz CT molecular complexity index is 522. The predicted octanol–water partition coefficient (Wildman–Crippen LogP) is 1.36. The summed E-state index contributed by atoms with van der Waals surface area (Å²) in [6.07, 6.45) is 0.433. The zero-order chi connectivity index (χ0) is 12.7. The average Bonchev–Trinajstić information content (AvgIpc) is 3.17. The molecular formula is C13H12O5. The number of carbonyl (C=O) groups excluding carboxylic acids is 1. The monoisotopic (exact) mass is 248 g/mol. The molecule has 0 aromatic heterocycles. The smallest absolute Gasteiger partial charge is 0.307 e. The van der Waals surface area contributed by atoms with Crippen molar-refractivity contribution in [2.45, 2.75) is 6.42 Å². The maximum absolute atomic E-state index is 12.0. The highest BCUT2D eigenvalue weighted by atomic mass is 16.6. The summed E-state index contributed by atoms with van der Waals surface area (Å²) in [7, 11) is 0. The van der Waals surface area contributed by atoms with E-state index >= 15 is 0 Å². The first kappa shape index (κ1) is 11.1. The molecule has 1 aromatic rings. The summed E-state index contributed by atoms with van der Waals surface area (Å²) >= 11 is 0. The molecule has 5 nitrogen and oxygen atoms in total. The van der Waals surface area contributed by atoms with Crippen molar-refractivity contribution >= 4 is 11.8 Å². The molecule has 1 aliphatic carbocycles. The fourth-order valence-corrected chi connectivity index (χ4v) is 2.17. The highest BCUT2D eigenvalue weighted by molar-refractivity contribution is 6.03. The van der Waals surface area contributed by atoms with Gasteiger partial charge >= 0.3 is 5.97 Å². The zero-order valence-corrected chi connectivity index (χ0v) is 9.59. The summed E-state index contributed by atoms with van der Waals surface area (Å²) in [5, 5.41) is 8.81. The fourth-order valence-electron chi connectivity index (χ4n) is 2.17. The van der Waals surface area contributed by atoms with Gasteiger partial charge < -0.3 is 14.6 Å². The van der Waals surface area contributed by atoms with Crippen LogP contribution in [0.5, 0.6) is 11.5 Å². The molecule has 1 aliphatic heterocycles. The molecule has 3 rings (SSSR count). The predicted molar refractivity (Wildman–Crippen MR) is 61.0 cm³/mol. The molecule has 0 saturated heterocycles. The molecule has 1 fully saturated rings. The topological polar surface area (TPSA) is 72.8 Å². The molecule has 1 saturated carbocycles. The first-order valence-corrected chi connectivity index (χ1v) is 5.83. The summed E-state index contributed by atoms with van der Waals surface area (Å²) in [5.74, 6) is -0.746. The molecule has 0 bridgehead atoms. The second-order valence-corrected chi connectivity index (χ2v) is 4.51. The number of carbonyl (C=O) groups is 2. The largest absolute Gasteiger partial charge is 0.486 e. The zero-order valence-electron chi connectivity index (χ0n) is 9.59. The number of ether oxygens (including phenoxy) is 2. The fraction of sp³-hybridized carbons (Fsp3) is 0.385. The van der Waals surface area contributed by atoms with Crippen LogP contribution in [0.3, 0.4) is 0 Å². The van der Waals surface area contributed by atoms with Crippen LogP contribution in [0.4, 0.5) is 0 Å². The van der Waals surface area contributed by atoms with Gasteiger partial charge in [0.15, 0.2) is 17.3 Å². The molecule has 0 amide bonds. The Labute approximate surface area is 103 Å². The third-order valence-corrected chi connectivity index (χ3v) is 3.27. The van der Waals surface area contributed by atoms with Gasteiger partial charge in [0.2, 0.25) is 0 Å². The van der Waals surface area contributed by atoms with Gasteiger partial charge in [-0.1, -0.05) is 0 Å². The number of benzene rings is 1. The van der Waals surface area contributed by atoms with Gasteiger partial charge in [-0.25, -0.2) is 0 Å². The van der Waals surface area contributed by atoms with Crippen LogP contribution in [0, 0.1) is 11.8 Å². The number of hydrogen-bond donors (Lipinski definition) is 1. The summed E-state index contributed by atoms with van der Waals surface area (Å²) in [6.45, 7) is 0.968. The van der Waals surface area contributed by atoms with Crippen LogP contribution in [0.1, 0.15) is 16.8 Å². The third-order valence-electron chi connectivity index (χ3n) is 3.27. The van der Waals surface area contributed by atoms with Crippen LogP contribution in [-0.4, -0.2) is 30.1 Å². The van der Waals surface area contributed by atoms with Crippen molar-refractivity contribution < 1.29 is 24.2 Å². The maximum atomic E-state index is 12.0. The quantitative estimate of drug-likeness (QED) is 0.818. The second kappa shape index (κ2) is 4.01. The van der Waals surface area contributed by atoms with E-state index in [0.717, 1.165) is 0 Å². The lowest BCUT2D eigenvalue weighted by Gasteiger charge is -2.18. The van der Waals surface area contributed by atoms with Gasteiger partial charge in [0.1, 0.15) is 13.2 Å². The third kappa shape index (κ3) is 1.81. The Hall–Kier alpha value is -2.04. The van der Waals surface area contributed by atoms with Gasteiger partial charge in [0, 0.05) is 11.5 Å². The first-order valence-electron chi connectivity index (χ1n) is 5.83. The Balaban J connectivity index is 1.81. The van der Waals surface area contributed by atoms with Gasteiger partial charge in [-0.3, -0.25) is 9.59 Å². The number of hydrogen-bond acceptors (Lipinski definition) is 4. The number of carboxylic acids is 1. The molecule has 94 valence electrons. The highest BCUT2D eigenvalue weighted by Gasteiger charge is 2.48.